The van der Waals surface area contributed by atoms with E-state index in [0.717, 1.165) is 0 Å². The van der Waals surface area contributed by atoms with Crippen molar-refractivity contribution in [3.05, 3.63) is 0 Å². The van der Waals surface area contributed by atoms with E-state index in [-0.39, 0.29) is 12.5 Å². The average molecular weight is 320 g/mol. The summed E-state index contributed by atoms with van der Waals surface area (Å²) >= 11 is 0. The van der Waals surface area contributed by atoms with Crippen molar-refractivity contribution in [1.82, 2.24) is 4.90 Å². The maximum absolute atomic E-state index is 11.7. The molecule has 0 radical (unpaired) electrons. The topological polar surface area (TPSA) is 92.5 Å². The Morgan fingerprint density at radius 1 is 0.682 bits per heavy atom. The number of nitrogens with zero attached hydrogens (tertiary/aromatic N) is 1. The minimum atomic E-state index is -0.105. The normalized spacial score (nSPS) is 21.8. The van der Waals surface area contributed by atoms with E-state index >= 15 is 0 Å². The molecule has 130 valence electrons. The zero-order valence-electron chi connectivity index (χ0n) is 13.2. The molecule has 22 heavy (non-hydrogen) atoms. The standard InChI is InChI=1S/C14H28N2O6/c15-13-14(17)16-1-3-18-5-7-20-9-11-22-12-10-21-8-6-19-4-2-16/h1-13,15H2. The predicted molar refractivity (Wildman–Crippen MR) is 79.7 cm³/mol. The average Bonchev–Trinajstić information content (AvgIpc) is 2.54. The van der Waals surface area contributed by atoms with Crippen LogP contribution in [0.15, 0.2) is 0 Å². The van der Waals surface area contributed by atoms with Gasteiger partial charge >= 0.3 is 0 Å². The van der Waals surface area contributed by atoms with Crippen molar-refractivity contribution in [3.8, 4) is 0 Å². The van der Waals surface area contributed by atoms with E-state index in [4.69, 9.17) is 29.4 Å². The molecule has 1 aliphatic heterocycles. The van der Waals surface area contributed by atoms with Gasteiger partial charge in [-0.2, -0.15) is 0 Å². The van der Waals surface area contributed by atoms with Gasteiger partial charge in [0.25, 0.3) is 0 Å². The van der Waals surface area contributed by atoms with Gasteiger partial charge < -0.3 is 34.3 Å². The molecule has 0 unspecified atom stereocenters. The number of carbonyl (C=O) groups excluding carboxylic acids is 1. The summed E-state index contributed by atoms with van der Waals surface area (Å²) in [6.45, 7) is 6.04. The van der Waals surface area contributed by atoms with Crippen LogP contribution in [0.1, 0.15) is 0 Å². The molecule has 0 atom stereocenters. The minimum absolute atomic E-state index is 0.00772. The second kappa shape index (κ2) is 13.9. The van der Waals surface area contributed by atoms with Gasteiger partial charge in [0.1, 0.15) is 0 Å². The molecule has 1 fully saturated rings. The largest absolute Gasteiger partial charge is 0.377 e. The van der Waals surface area contributed by atoms with E-state index in [0.29, 0.717) is 79.2 Å². The summed E-state index contributed by atoms with van der Waals surface area (Å²) in [7, 11) is 0. The lowest BCUT2D eigenvalue weighted by molar-refractivity contribution is -0.131. The van der Waals surface area contributed by atoms with Crippen LogP contribution in [0, 0.1) is 0 Å². The summed E-state index contributed by atoms with van der Waals surface area (Å²) in [5.41, 5.74) is 5.41. The Kier molecular flexibility index (Phi) is 12.1. The second-order valence-corrected chi connectivity index (χ2v) is 4.65. The van der Waals surface area contributed by atoms with Crippen molar-refractivity contribution in [2.24, 2.45) is 5.73 Å². The number of ether oxygens (including phenoxy) is 5. The molecular weight excluding hydrogens is 292 g/mol. The van der Waals surface area contributed by atoms with Crippen LogP contribution < -0.4 is 5.73 Å². The lowest BCUT2D eigenvalue weighted by atomic mass is 10.4. The summed E-state index contributed by atoms with van der Waals surface area (Å²) in [5, 5.41) is 0. The zero-order valence-corrected chi connectivity index (χ0v) is 13.2. The van der Waals surface area contributed by atoms with E-state index < -0.39 is 0 Å². The number of nitrogens with two attached hydrogens (primary N) is 1. The minimum Gasteiger partial charge on any atom is -0.377 e. The first-order chi connectivity index (χ1) is 10.8. The number of carbonyl (C=O) groups is 1. The third-order valence-corrected chi connectivity index (χ3v) is 3.03. The van der Waals surface area contributed by atoms with Crippen molar-refractivity contribution in [1.29, 1.82) is 0 Å². The van der Waals surface area contributed by atoms with E-state index in [1.807, 2.05) is 0 Å². The predicted octanol–water partition coefficient (Wildman–Crippen LogP) is -1.13. The van der Waals surface area contributed by atoms with Gasteiger partial charge in [0.05, 0.1) is 72.6 Å². The molecule has 0 aromatic heterocycles. The molecule has 8 nitrogen and oxygen atoms in total. The molecule has 1 amide bonds. The van der Waals surface area contributed by atoms with E-state index in [1.54, 1.807) is 4.90 Å². The molecule has 1 rings (SSSR count). The Morgan fingerprint density at radius 3 is 1.32 bits per heavy atom. The van der Waals surface area contributed by atoms with Gasteiger partial charge in [0.15, 0.2) is 0 Å². The van der Waals surface area contributed by atoms with Crippen LogP contribution in [0.4, 0.5) is 0 Å². The fraction of sp³-hybridized carbons (Fsp3) is 0.929. The fourth-order valence-electron chi connectivity index (χ4n) is 1.82. The molecule has 1 saturated heterocycles. The molecule has 0 aromatic rings. The fourth-order valence-corrected chi connectivity index (χ4v) is 1.82. The Hall–Kier alpha value is -0.770. The number of hydrogen-bond acceptors (Lipinski definition) is 7. The molecule has 2 N–H and O–H groups in total. The van der Waals surface area contributed by atoms with Crippen LogP contribution in [-0.4, -0.2) is 96.5 Å². The van der Waals surface area contributed by atoms with Crippen molar-refractivity contribution >= 4 is 5.91 Å². The number of amides is 1. The molecule has 0 bridgehead atoms. The van der Waals surface area contributed by atoms with Gasteiger partial charge in [-0.25, -0.2) is 0 Å². The Bertz CT molecular complexity index is 262. The Balaban J connectivity index is 2.28. The highest BCUT2D eigenvalue weighted by molar-refractivity contribution is 5.77. The SMILES string of the molecule is NCC(=O)N1CCOCCOCCOCCOCCOCC1. The van der Waals surface area contributed by atoms with Gasteiger partial charge in [-0.1, -0.05) is 0 Å². The Morgan fingerprint density at radius 2 is 1.00 bits per heavy atom. The zero-order chi connectivity index (χ0) is 15.9. The van der Waals surface area contributed by atoms with Crippen LogP contribution in [-0.2, 0) is 28.5 Å². The summed E-state index contributed by atoms with van der Waals surface area (Å²) in [6.07, 6.45) is 0. The maximum Gasteiger partial charge on any atom is 0.236 e. The highest BCUT2D eigenvalue weighted by Gasteiger charge is 2.11. The lowest BCUT2D eigenvalue weighted by Gasteiger charge is -2.22. The van der Waals surface area contributed by atoms with E-state index in [2.05, 4.69) is 0 Å². The van der Waals surface area contributed by atoms with Crippen LogP contribution >= 0.6 is 0 Å². The molecule has 8 heteroatoms. The third kappa shape index (κ3) is 10.0. The molecule has 0 spiro atoms. The van der Waals surface area contributed by atoms with Gasteiger partial charge in [0, 0.05) is 13.1 Å². The summed E-state index contributed by atoms with van der Waals surface area (Å²) in [5.74, 6) is -0.105. The maximum atomic E-state index is 11.7. The van der Waals surface area contributed by atoms with Gasteiger partial charge in [-0.3, -0.25) is 4.79 Å². The van der Waals surface area contributed by atoms with Crippen LogP contribution in [0.5, 0.6) is 0 Å². The van der Waals surface area contributed by atoms with Crippen LogP contribution in [0.25, 0.3) is 0 Å². The molecule has 1 heterocycles. The highest BCUT2D eigenvalue weighted by atomic mass is 16.6. The number of rotatable bonds is 1. The second-order valence-electron chi connectivity index (χ2n) is 4.65. The van der Waals surface area contributed by atoms with Gasteiger partial charge in [-0.05, 0) is 0 Å². The van der Waals surface area contributed by atoms with Crippen molar-refractivity contribution in [3.63, 3.8) is 0 Å². The smallest absolute Gasteiger partial charge is 0.236 e. The van der Waals surface area contributed by atoms with Crippen LogP contribution in [0.2, 0.25) is 0 Å². The monoisotopic (exact) mass is 320 g/mol. The van der Waals surface area contributed by atoms with Crippen molar-refractivity contribution in [2.45, 2.75) is 0 Å². The molecule has 0 aliphatic carbocycles. The molecule has 0 aromatic carbocycles. The van der Waals surface area contributed by atoms with Gasteiger partial charge in [-0.15, -0.1) is 0 Å². The Labute approximate surface area is 131 Å². The lowest BCUT2D eigenvalue weighted by Crippen LogP contribution is -2.40. The third-order valence-electron chi connectivity index (χ3n) is 3.03. The van der Waals surface area contributed by atoms with Gasteiger partial charge in [0.2, 0.25) is 5.91 Å². The van der Waals surface area contributed by atoms with Crippen molar-refractivity contribution in [2.75, 3.05) is 85.7 Å². The summed E-state index contributed by atoms with van der Waals surface area (Å²) in [6, 6.07) is 0. The van der Waals surface area contributed by atoms with Crippen LogP contribution in [0.3, 0.4) is 0 Å². The quantitative estimate of drug-likeness (QED) is 0.653. The first kappa shape index (κ1) is 19.3. The molecule has 0 saturated carbocycles. The summed E-state index contributed by atoms with van der Waals surface area (Å²) in [4.78, 5) is 13.4. The van der Waals surface area contributed by atoms with E-state index in [9.17, 15) is 4.79 Å². The first-order valence-corrected chi connectivity index (χ1v) is 7.71. The molecular formula is C14H28N2O6. The highest BCUT2D eigenvalue weighted by Crippen LogP contribution is 1.92. The summed E-state index contributed by atoms with van der Waals surface area (Å²) < 4.78 is 27.0. The number of hydrogen-bond donors (Lipinski definition) is 1. The molecule has 1 aliphatic rings. The van der Waals surface area contributed by atoms with E-state index in [1.165, 1.54) is 0 Å². The van der Waals surface area contributed by atoms with Crippen molar-refractivity contribution < 1.29 is 28.5 Å². The first-order valence-electron chi connectivity index (χ1n) is 7.71.